The van der Waals surface area contributed by atoms with Crippen LogP contribution in [0.25, 0.3) is 0 Å². The van der Waals surface area contributed by atoms with E-state index in [-0.39, 0.29) is 5.56 Å². The second-order valence-electron chi connectivity index (χ2n) is 3.96. The summed E-state index contributed by atoms with van der Waals surface area (Å²) in [6.07, 6.45) is -1.04. The summed E-state index contributed by atoms with van der Waals surface area (Å²) in [5.41, 5.74) is 6.91. The Morgan fingerprint density at radius 3 is 2.61 bits per heavy atom. The average molecular weight is 247 g/mol. The zero-order valence-electron chi connectivity index (χ0n) is 9.93. The summed E-state index contributed by atoms with van der Waals surface area (Å²) in [4.78, 5) is 0. The van der Waals surface area contributed by atoms with Gasteiger partial charge in [-0.05, 0) is 29.8 Å². The molecule has 0 aliphatic carbocycles. The zero-order chi connectivity index (χ0) is 13.1. The van der Waals surface area contributed by atoms with E-state index in [1.165, 1.54) is 19.2 Å². The van der Waals surface area contributed by atoms with E-state index in [0.717, 1.165) is 0 Å². The number of hydrogen-bond donors (Lipinski definition) is 2. The highest BCUT2D eigenvalue weighted by atomic mass is 19.1. The van der Waals surface area contributed by atoms with E-state index in [1.807, 2.05) is 0 Å². The third-order valence-corrected chi connectivity index (χ3v) is 2.73. The Hall–Kier alpha value is -2.07. The van der Waals surface area contributed by atoms with Gasteiger partial charge in [-0.2, -0.15) is 0 Å². The van der Waals surface area contributed by atoms with Crippen molar-refractivity contribution in [1.82, 2.24) is 0 Å². The Morgan fingerprint density at radius 1 is 1.22 bits per heavy atom. The molecule has 0 aliphatic heterocycles. The number of benzene rings is 2. The number of nitrogens with two attached hydrogens (primary N) is 1. The van der Waals surface area contributed by atoms with Crippen molar-refractivity contribution in [1.29, 1.82) is 0 Å². The van der Waals surface area contributed by atoms with E-state index >= 15 is 0 Å². The summed E-state index contributed by atoms with van der Waals surface area (Å²) in [5.74, 6) is -0.0969. The van der Waals surface area contributed by atoms with Crippen molar-refractivity contribution in [2.45, 2.75) is 6.10 Å². The molecule has 0 heterocycles. The van der Waals surface area contributed by atoms with Crippen LogP contribution in [0.15, 0.2) is 42.5 Å². The van der Waals surface area contributed by atoms with Gasteiger partial charge in [0.25, 0.3) is 0 Å². The SMILES string of the molecule is COc1ccc(C(O)c2cccc(N)c2)c(F)c1. The largest absolute Gasteiger partial charge is 0.497 e. The first-order valence-electron chi connectivity index (χ1n) is 5.48. The minimum Gasteiger partial charge on any atom is -0.497 e. The molecule has 0 radical (unpaired) electrons. The molecule has 0 bridgehead atoms. The maximum absolute atomic E-state index is 13.8. The molecule has 2 rings (SSSR count). The van der Waals surface area contributed by atoms with Crippen LogP contribution in [0.1, 0.15) is 17.2 Å². The van der Waals surface area contributed by atoms with Crippen LogP contribution in [-0.2, 0) is 0 Å². The lowest BCUT2D eigenvalue weighted by Crippen LogP contribution is -2.03. The van der Waals surface area contributed by atoms with E-state index in [2.05, 4.69) is 0 Å². The fourth-order valence-corrected chi connectivity index (χ4v) is 1.77. The normalized spacial score (nSPS) is 12.2. The molecule has 0 aliphatic rings. The Balaban J connectivity index is 2.37. The Morgan fingerprint density at radius 2 is 2.00 bits per heavy atom. The highest BCUT2D eigenvalue weighted by Crippen LogP contribution is 2.27. The van der Waals surface area contributed by atoms with Crippen LogP contribution in [0.3, 0.4) is 0 Å². The number of hydrogen-bond acceptors (Lipinski definition) is 3. The lowest BCUT2D eigenvalue weighted by Gasteiger charge is -2.13. The predicted molar refractivity (Wildman–Crippen MR) is 67.9 cm³/mol. The zero-order valence-corrected chi connectivity index (χ0v) is 9.93. The van der Waals surface area contributed by atoms with Gasteiger partial charge in [0.05, 0.1) is 7.11 Å². The second-order valence-corrected chi connectivity index (χ2v) is 3.96. The van der Waals surface area contributed by atoms with Gasteiger partial charge in [0.2, 0.25) is 0 Å². The Kier molecular flexibility index (Phi) is 3.48. The summed E-state index contributed by atoms with van der Waals surface area (Å²) < 4.78 is 18.7. The van der Waals surface area contributed by atoms with E-state index in [1.54, 1.807) is 30.3 Å². The van der Waals surface area contributed by atoms with Crippen molar-refractivity contribution in [3.63, 3.8) is 0 Å². The quantitative estimate of drug-likeness (QED) is 0.819. The molecule has 0 saturated carbocycles. The van der Waals surface area contributed by atoms with Crippen LogP contribution < -0.4 is 10.5 Å². The van der Waals surface area contributed by atoms with Gasteiger partial charge in [-0.1, -0.05) is 12.1 Å². The minimum absolute atomic E-state index is 0.196. The summed E-state index contributed by atoms with van der Waals surface area (Å²) in [6, 6.07) is 11.1. The summed E-state index contributed by atoms with van der Waals surface area (Å²) >= 11 is 0. The van der Waals surface area contributed by atoms with Crippen LogP contribution in [0, 0.1) is 5.82 Å². The topological polar surface area (TPSA) is 55.5 Å². The minimum atomic E-state index is -1.04. The summed E-state index contributed by atoms with van der Waals surface area (Å²) in [7, 11) is 1.46. The number of rotatable bonds is 3. The lowest BCUT2D eigenvalue weighted by atomic mass is 10.0. The standard InChI is InChI=1S/C14H14FNO2/c1-18-11-5-6-12(13(15)8-11)14(17)9-3-2-4-10(16)7-9/h2-8,14,17H,16H2,1H3. The fourth-order valence-electron chi connectivity index (χ4n) is 1.77. The molecule has 94 valence electrons. The van der Waals surface area contributed by atoms with Crippen molar-refractivity contribution < 1.29 is 14.2 Å². The number of aliphatic hydroxyl groups excluding tert-OH is 1. The number of ether oxygens (including phenoxy) is 1. The first-order valence-corrected chi connectivity index (χ1v) is 5.48. The second kappa shape index (κ2) is 5.06. The third-order valence-electron chi connectivity index (χ3n) is 2.73. The molecular weight excluding hydrogens is 233 g/mol. The monoisotopic (exact) mass is 247 g/mol. The molecule has 3 nitrogen and oxygen atoms in total. The van der Waals surface area contributed by atoms with Crippen LogP contribution in [-0.4, -0.2) is 12.2 Å². The van der Waals surface area contributed by atoms with Gasteiger partial charge in [0.15, 0.2) is 0 Å². The average Bonchev–Trinajstić information content (AvgIpc) is 2.37. The van der Waals surface area contributed by atoms with E-state index in [4.69, 9.17) is 10.5 Å². The van der Waals surface area contributed by atoms with Crippen LogP contribution in [0.4, 0.5) is 10.1 Å². The molecular formula is C14H14FNO2. The van der Waals surface area contributed by atoms with Crippen LogP contribution in [0.5, 0.6) is 5.75 Å². The molecule has 0 saturated heterocycles. The molecule has 4 heteroatoms. The lowest BCUT2D eigenvalue weighted by molar-refractivity contribution is 0.215. The van der Waals surface area contributed by atoms with Gasteiger partial charge in [-0.15, -0.1) is 0 Å². The van der Waals surface area contributed by atoms with Crippen molar-refractivity contribution >= 4 is 5.69 Å². The van der Waals surface area contributed by atoms with Gasteiger partial charge in [0, 0.05) is 17.3 Å². The first-order chi connectivity index (χ1) is 8.61. The molecule has 2 aromatic carbocycles. The van der Waals surface area contributed by atoms with Crippen molar-refractivity contribution in [3.8, 4) is 5.75 Å². The molecule has 0 fully saturated rings. The fraction of sp³-hybridized carbons (Fsp3) is 0.143. The number of halogens is 1. The molecule has 0 amide bonds. The maximum Gasteiger partial charge on any atom is 0.133 e. The number of methoxy groups -OCH3 is 1. The number of anilines is 1. The summed E-state index contributed by atoms with van der Waals surface area (Å²) in [6.45, 7) is 0. The van der Waals surface area contributed by atoms with Gasteiger partial charge in [-0.3, -0.25) is 0 Å². The molecule has 3 N–H and O–H groups in total. The van der Waals surface area contributed by atoms with Gasteiger partial charge in [-0.25, -0.2) is 4.39 Å². The van der Waals surface area contributed by atoms with Gasteiger partial charge >= 0.3 is 0 Å². The smallest absolute Gasteiger partial charge is 0.133 e. The predicted octanol–water partition coefficient (Wildman–Crippen LogP) is 2.50. The molecule has 1 unspecified atom stereocenters. The number of nitrogen functional groups attached to an aromatic ring is 1. The maximum atomic E-state index is 13.8. The highest BCUT2D eigenvalue weighted by Gasteiger charge is 2.15. The van der Waals surface area contributed by atoms with Gasteiger partial charge in [0.1, 0.15) is 17.7 Å². The first kappa shape index (κ1) is 12.4. The van der Waals surface area contributed by atoms with Gasteiger partial charge < -0.3 is 15.6 Å². The summed E-state index contributed by atoms with van der Waals surface area (Å²) in [5, 5.41) is 10.1. The van der Waals surface area contributed by atoms with Crippen molar-refractivity contribution in [2.24, 2.45) is 0 Å². The Labute approximate surface area is 105 Å². The molecule has 0 aromatic heterocycles. The molecule has 2 aromatic rings. The van der Waals surface area contributed by atoms with Crippen molar-refractivity contribution in [3.05, 3.63) is 59.4 Å². The number of aliphatic hydroxyl groups is 1. The molecule has 0 spiro atoms. The molecule has 1 atom stereocenters. The van der Waals surface area contributed by atoms with E-state index in [9.17, 15) is 9.50 Å². The molecule has 18 heavy (non-hydrogen) atoms. The Bertz CT molecular complexity index is 557. The van der Waals surface area contributed by atoms with E-state index in [0.29, 0.717) is 17.0 Å². The van der Waals surface area contributed by atoms with E-state index < -0.39 is 11.9 Å². The third kappa shape index (κ3) is 2.43. The van der Waals surface area contributed by atoms with Crippen LogP contribution >= 0.6 is 0 Å². The van der Waals surface area contributed by atoms with Crippen LogP contribution in [0.2, 0.25) is 0 Å². The highest BCUT2D eigenvalue weighted by molar-refractivity contribution is 5.44. The van der Waals surface area contributed by atoms with Crippen molar-refractivity contribution in [2.75, 3.05) is 12.8 Å².